The molecule has 1 aromatic heterocycles. The zero-order valence-electron chi connectivity index (χ0n) is 14.3. The van der Waals surface area contributed by atoms with E-state index in [9.17, 15) is 4.79 Å². The molecule has 0 radical (unpaired) electrons. The van der Waals surface area contributed by atoms with Crippen molar-refractivity contribution in [3.8, 4) is 5.75 Å². The van der Waals surface area contributed by atoms with Gasteiger partial charge in [0.25, 0.3) is 5.91 Å². The number of hydrogen-bond acceptors (Lipinski definition) is 4. The first-order chi connectivity index (χ1) is 12.7. The van der Waals surface area contributed by atoms with Crippen molar-refractivity contribution in [3.63, 3.8) is 0 Å². The monoisotopic (exact) mass is 348 g/mol. The van der Waals surface area contributed by atoms with Gasteiger partial charge in [0.05, 0.1) is 5.69 Å². The number of carbonyl (C=O) groups excluding carboxylic acids is 1. The first-order valence-corrected chi connectivity index (χ1v) is 8.38. The number of aromatic nitrogens is 1. The third-order valence-corrected chi connectivity index (χ3v) is 3.84. The number of nitrogens with zero attached hydrogens (tertiary/aromatic N) is 1. The van der Waals surface area contributed by atoms with Crippen LogP contribution in [-0.2, 0) is 13.0 Å². The maximum atomic E-state index is 12.3. The summed E-state index contributed by atoms with van der Waals surface area (Å²) in [6, 6.07) is 20.1. The van der Waals surface area contributed by atoms with Crippen molar-refractivity contribution in [1.82, 2.24) is 4.98 Å². The van der Waals surface area contributed by atoms with E-state index in [2.05, 4.69) is 10.3 Å². The summed E-state index contributed by atoms with van der Waals surface area (Å²) in [6.07, 6.45) is 2.33. The smallest absolute Gasteiger partial charge is 0.255 e. The van der Waals surface area contributed by atoms with Crippen LogP contribution in [0.3, 0.4) is 0 Å². The zero-order valence-corrected chi connectivity index (χ0v) is 14.3. The van der Waals surface area contributed by atoms with Gasteiger partial charge >= 0.3 is 0 Å². The number of carbonyl (C=O) groups is 1. The molecule has 0 aliphatic carbocycles. The molecule has 2 aromatic carbocycles. The van der Waals surface area contributed by atoms with E-state index in [0.717, 1.165) is 11.3 Å². The Bertz CT molecular complexity index is 831. The number of rotatable bonds is 7. The Balaban J connectivity index is 1.56. The third kappa shape index (κ3) is 4.91. The molecule has 1 heterocycles. The normalized spacial score (nSPS) is 10.3. The van der Waals surface area contributed by atoms with Crippen LogP contribution in [0.1, 0.15) is 21.6 Å². The molecule has 0 bridgehead atoms. The lowest BCUT2D eigenvalue weighted by molar-refractivity contribution is 0.102. The molecule has 0 unspecified atom stereocenters. The number of hydrogen-bond donors (Lipinski definition) is 2. The number of aliphatic hydroxyl groups excluding tert-OH is 1. The highest BCUT2D eigenvalue weighted by Gasteiger charge is 2.07. The quantitative estimate of drug-likeness (QED) is 0.686. The largest absolute Gasteiger partial charge is 0.487 e. The van der Waals surface area contributed by atoms with E-state index in [-0.39, 0.29) is 12.5 Å². The molecule has 132 valence electrons. The summed E-state index contributed by atoms with van der Waals surface area (Å²) < 4.78 is 5.67. The van der Waals surface area contributed by atoms with Gasteiger partial charge in [-0.25, -0.2) is 0 Å². The average Bonchev–Trinajstić information content (AvgIpc) is 2.69. The number of nitrogens with one attached hydrogen (secondary N) is 1. The molecule has 26 heavy (non-hydrogen) atoms. The highest BCUT2D eigenvalue weighted by atomic mass is 16.5. The molecule has 3 aromatic rings. The SMILES string of the molecule is O=C(Nc1ccc(CCO)cc1)c1ccc(OCc2ccccn2)cc1. The number of amides is 1. The molecule has 0 aliphatic heterocycles. The van der Waals surface area contributed by atoms with E-state index in [4.69, 9.17) is 9.84 Å². The first-order valence-electron chi connectivity index (χ1n) is 8.38. The fraction of sp³-hybridized carbons (Fsp3) is 0.143. The van der Waals surface area contributed by atoms with Crippen LogP contribution >= 0.6 is 0 Å². The molecule has 1 amide bonds. The number of aliphatic hydroxyl groups is 1. The van der Waals surface area contributed by atoms with E-state index in [1.807, 2.05) is 42.5 Å². The molecule has 0 atom stereocenters. The molecule has 0 aliphatic rings. The lowest BCUT2D eigenvalue weighted by Gasteiger charge is -2.08. The Hall–Kier alpha value is -3.18. The summed E-state index contributed by atoms with van der Waals surface area (Å²) in [4.78, 5) is 16.5. The van der Waals surface area contributed by atoms with Gasteiger partial charge in [-0.2, -0.15) is 0 Å². The van der Waals surface area contributed by atoms with E-state index >= 15 is 0 Å². The minimum atomic E-state index is -0.184. The number of ether oxygens (including phenoxy) is 1. The zero-order chi connectivity index (χ0) is 18.2. The van der Waals surface area contributed by atoms with Crippen LogP contribution in [0.4, 0.5) is 5.69 Å². The Morgan fingerprint density at radius 2 is 1.77 bits per heavy atom. The van der Waals surface area contributed by atoms with Crippen molar-refractivity contribution in [2.45, 2.75) is 13.0 Å². The van der Waals surface area contributed by atoms with Gasteiger partial charge < -0.3 is 15.2 Å². The van der Waals surface area contributed by atoms with Crippen LogP contribution in [0, 0.1) is 0 Å². The van der Waals surface area contributed by atoms with Crippen LogP contribution in [-0.4, -0.2) is 22.6 Å². The Labute approximate surface area is 152 Å². The van der Waals surface area contributed by atoms with Crippen molar-refractivity contribution < 1.29 is 14.6 Å². The number of benzene rings is 2. The van der Waals surface area contributed by atoms with Crippen LogP contribution in [0.5, 0.6) is 5.75 Å². The Morgan fingerprint density at radius 1 is 1.00 bits per heavy atom. The van der Waals surface area contributed by atoms with Gasteiger partial charge in [0.1, 0.15) is 12.4 Å². The van der Waals surface area contributed by atoms with Gasteiger partial charge in [-0.3, -0.25) is 9.78 Å². The topological polar surface area (TPSA) is 71.5 Å². The van der Waals surface area contributed by atoms with Gasteiger partial charge in [-0.05, 0) is 60.5 Å². The lowest BCUT2D eigenvalue weighted by Crippen LogP contribution is -2.11. The van der Waals surface area contributed by atoms with Crippen molar-refractivity contribution in [3.05, 3.63) is 89.7 Å². The lowest BCUT2D eigenvalue weighted by atomic mass is 10.1. The molecule has 0 fully saturated rings. The molecule has 3 rings (SSSR count). The summed E-state index contributed by atoms with van der Waals surface area (Å²) in [5.41, 5.74) is 3.14. The van der Waals surface area contributed by atoms with Crippen LogP contribution in [0.25, 0.3) is 0 Å². The first kappa shape index (κ1) is 17.6. The second-order valence-electron chi connectivity index (χ2n) is 5.76. The van der Waals surface area contributed by atoms with Crippen LogP contribution in [0.15, 0.2) is 72.9 Å². The Morgan fingerprint density at radius 3 is 2.42 bits per heavy atom. The second-order valence-corrected chi connectivity index (χ2v) is 5.76. The van der Waals surface area contributed by atoms with Gasteiger partial charge in [0.15, 0.2) is 0 Å². The predicted molar refractivity (Wildman–Crippen MR) is 100 cm³/mol. The highest BCUT2D eigenvalue weighted by molar-refractivity contribution is 6.04. The van der Waals surface area contributed by atoms with Crippen molar-refractivity contribution in [1.29, 1.82) is 0 Å². The number of anilines is 1. The highest BCUT2D eigenvalue weighted by Crippen LogP contribution is 2.16. The van der Waals surface area contributed by atoms with Gasteiger partial charge in [-0.1, -0.05) is 18.2 Å². The van der Waals surface area contributed by atoms with Crippen molar-refractivity contribution in [2.24, 2.45) is 0 Å². The van der Waals surface area contributed by atoms with Crippen molar-refractivity contribution in [2.75, 3.05) is 11.9 Å². The molecule has 0 saturated carbocycles. The molecule has 0 saturated heterocycles. The summed E-state index contributed by atoms with van der Waals surface area (Å²) in [7, 11) is 0. The molecule has 5 nitrogen and oxygen atoms in total. The van der Waals surface area contributed by atoms with Gasteiger partial charge in [-0.15, -0.1) is 0 Å². The third-order valence-electron chi connectivity index (χ3n) is 3.84. The van der Waals surface area contributed by atoms with Crippen LogP contribution < -0.4 is 10.1 Å². The Kier molecular flexibility index (Phi) is 5.96. The summed E-state index contributed by atoms with van der Waals surface area (Å²) in [6.45, 7) is 0.493. The fourth-order valence-electron chi connectivity index (χ4n) is 2.43. The maximum absolute atomic E-state index is 12.3. The van der Waals surface area contributed by atoms with E-state index in [1.165, 1.54) is 0 Å². The maximum Gasteiger partial charge on any atom is 0.255 e. The van der Waals surface area contributed by atoms with E-state index < -0.39 is 0 Å². The molecule has 5 heteroatoms. The van der Waals surface area contributed by atoms with Crippen LogP contribution in [0.2, 0.25) is 0 Å². The molecular formula is C21H20N2O3. The van der Waals surface area contributed by atoms with Gasteiger partial charge in [0, 0.05) is 24.1 Å². The predicted octanol–water partition coefficient (Wildman–Crippen LogP) is 3.45. The fourth-order valence-corrected chi connectivity index (χ4v) is 2.43. The standard InChI is InChI=1S/C21H20N2O3/c24-14-12-16-4-8-18(9-5-16)23-21(25)17-6-10-20(11-7-17)26-15-19-3-1-2-13-22-19/h1-11,13,24H,12,14-15H2,(H,23,25). The van der Waals surface area contributed by atoms with E-state index in [0.29, 0.717) is 30.0 Å². The van der Waals surface area contributed by atoms with E-state index in [1.54, 1.807) is 30.5 Å². The van der Waals surface area contributed by atoms with Crippen molar-refractivity contribution >= 4 is 11.6 Å². The molecule has 0 spiro atoms. The average molecular weight is 348 g/mol. The number of pyridine rings is 1. The summed E-state index contributed by atoms with van der Waals surface area (Å²) in [5, 5.41) is 11.8. The summed E-state index contributed by atoms with van der Waals surface area (Å²) >= 11 is 0. The minimum absolute atomic E-state index is 0.112. The molecular weight excluding hydrogens is 328 g/mol. The molecule has 2 N–H and O–H groups in total. The van der Waals surface area contributed by atoms with Gasteiger partial charge in [0.2, 0.25) is 0 Å². The second kappa shape index (κ2) is 8.78. The summed E-state index contributed by atoms with van der Waals surface area (Å²) in [5.74, 6) is 0.497. The minimum Gasteiger partial charge on any atom is -0.487 e.